The van der Waals surface area contributed by atoms with E-state index in [4.69, 9.17) is 11.5 Å². The molecule has 0 aliphatic rings. The monoisotopic (exact) mass is 374 g/mol. The first-order valence-electron chi connectivity index (χ1n) is 8.51. The molecule has 10 nitrogen and oxygen atoms in total. The molecule has 2 rings (SSSR count). The lowest BCUT2D eigenvalue weighted by molar-refractivity contribution is -0.384. The Kier molecular flexibility index (Phi) is 6.22. The first-order chi connectivity index (χ1) is 12.7. The standard InChI is InChI=1S/C17H22N6O4/c1-10-8-12(20-16(18)14(10)22(24)25)6-4-3-5-7-13-9-11(2)15(23(26)27)17(19)21-13/h8-9H,3-7H2,1-2H3,(H2,18,20)(H2,19,21). The van der Waals surface area contributed by atoms with Crippen molar-refractivity contribution >= 4 is 23.0 Å². The van der Waals surface area contributed by atoms with E-state index in [-0.39, 0.29) is 23.0 Å². The summed E-state index contributed by atoms with van der Waals surface area (Å²) in [7, 11) is 0. The second kappa shape index (κ2) is 8.39. The lowest BCUT2D eigenvalue weighted by atomic mass is 10.1. The number of anilines is 2. The molecule has 4 N–H and O–H groups in total. The highest BCUT2D eigenvalue weighted by molar-refractivity contribution is 5.58. The van der Waals surface area contributed by atoms with Gasteiger partial charge in [0.1, 0.15) is 0 Å². The van der Waals surface area contributed by atoms with Gasteiger partial charge in [-0.05, 0) is 51.7 Å². The van der Waals surface area contributed by atoms with E-state index in [1.54, 1.807) is 26.0 Å². The third-order valence-corrected chi connectivity index (χ3v) is 4.26. The number of aromatic nitrogens is 2. The Morgan fingerprint density at radius 1 is 0.815 bits per heavy atom. The molecule has 0 radical (unpaired) electrons. The highest BCUT2D eigenvalue weighted by Gasteiger charge is 2.19. The topological polar surface area (TPSA) is 164 Å². The molecule has 0 bridgehead atoms. The molecule has 10 heteroatoms. The SMILES string of the molecule is Cc1cc(CCCCCc2cc(C)c([N+](=O)[O-])c(N)n2)nc(N)c1[N+](=O)[O-]. The summed E-state index contributed by atoms with van der Waals surface area (Å²) >= 11 is 0. The minimum atomic E-state index is -0.521. The van der Waals surface area contributed by atoms with Gasteiger partial charge < -0.3 is 11.5 Å². The summed E-state index contributed by atoms with van der Waals surface area (Å²) in [6, 6.07) is 3.38. The van der Waals surface area contributed by atoms with Crippen molar-refractivity contribution in [2.75, 3.05) is 11.5 Å². The summed E-state index contributed by atoms with van der Waals surface area (Å²) in [4.78, 5) is 29.0. The van der Waals surface area contributed by atoms with Crippen molar-refractivity contribution in [2.24, 2.45) is 0 Å². The number of nitrogens with two attached hydrogens (primary N) is 2. The average Bonchev–Trinajstić information content (AvgIpc) is 2.52. The molecule has 0 amide bonds. The lowest BCUT2D eigenvalue weighted by Crippen LogP contribution is -2.04. The van der Waals surface area contributed by atoms with Crippen LogP contribution in [0, 0.1) is 34.1 Å². The fourth-order valence-electron chi connectivity index (χ4n) is 3.04. The molecule has 2 aromatic heterocycles. The number of nitro groups is 2. The van der Waals surface area contributed by atoms with E-state index in [1.165, 1.54) is 0 Å². The van der Waals surface area contributed by atoms with Crippen LogP contribution in [0.2, 0.25) is 0 Å². The molecule has 0 aliphatic heterocycles. The van der Waals surface area contributed by atoms with E-state index < -0.39 is 9.85 Å². The average molecular weight is 374 g/mol. The number of hydrogen-bond donors (Lipinski definition) is 2. The van der Waals surface area contributed by atoms with Crippen LogP contribution in [0.25, 0.3) is 0 Å². The largest absolute Gasteiger partial charge is 0.378 e. The fraction of sp³-hybridized carbons (Fsp3) is 0.412. The molecule has 0 atom stereocenters. The molecule has 0 aromatic carbocycles. The molecule has 0 spiro atoms. The van der Waals surface area contributed by atoms with Gasteiger partial charge in [-0.1, -0.05) is 6.42 Å². The van der Waals surface area contributed by atoms with E-state index in [1.807, 2.05) is 0 Å². The quantitative estimate of drug-likeness (QED) is 0.404. The van der Waals surface area contributed by atoms with Gasteiger partial charge in [-0.25, -0.2) is 9.97 Å². The summed E-state index contributed by atoms with van der Waals surface area (Å²) < 4.78 is 0. The molecule has 144 valence electrons. The zero-order chi connectivity index (χ0) is 20.1. The zero-order valence-corrected chi connectivity index (χ0v) is 15.3. The zero-order valence-electron chi connectivity index (χ0n) is 15.3. The van der Waals surface area contributed by atoms with Crippen molar-refractivity contribution in [3.63, 3.8) is 0 Å². The van der Waals surface area contributed by atoms with Crippen LogP contribution in [0.3, 0.4) is 0 Å². The van der Waals surface area contributed by atoms with E-state index in [0.29, 0.717) is 24.0 Å². The normalized spacial score (nSPS) is 10.7. The Bertz CT molecular complexity index is 766. The van der Waals surface area contributed by atoms with Gasteiger partial charge in [-0.2, -0.15) is 0 Å². The summed E-state index contributed by atoms with van der Waals surface area (Å²) in [6.45, 7) is 3.29. The number of hydrogen-bond acceptors (Lipinski definition) is 8. The molecule has 0 saturated carbocycles. The Labute approximate surface area is 155 Å². The predicted octanol–water partition coefficient (Wildman–Crippen LogP) is 3.03. The molecular formula is C17H22N6O4. The second-order valence-corrected chi connectivity index (χ2v) is 6.40. The fourth-order valence-corrected chi connectivity index (χ4v) is 3.04. The van der Waals surface area contributed by atoms with Crippen molar-refractivity contribution in [2.45, 2.75) is 46.0 Å². The number of rotatable bonds is 8. The molecule has 0 saturated heterocycles. The Morgan fingerprint density at radius 2 is 1.19 bits per heavy atom. The molecule has 0 unspecified atom stereocenters. The van der Waals surface area contributed by atoms with Crippen LogP contribution in [0.1, 0.15) is 41.8 Å². The third-order valence-electron chi connectivity index (χ3n) is 4.26. The first-order valence-corrected chi connectivity index (χ1v) is 8.51. The maximum absolute atomic E-state index is 10.9. The van der Waals surface area contributed by atoms with E-state index in [2.05, 4.69) is 9.97 Å². The molecule has 0 aliphatic carbocycles. The number of nitrogens with zero attached hydrogens (tertiary/aromatic N) is 4. The van der Waals surface area contributed by atoms with E-state index in [0.717, 1.165) is 30.7 Å². The van der Waals surface area contributed by atoms with Crippen LogP contribution in [0.15, 0.2) is 12.1 Å². The summed E-state index contributed by atoms with van der Waals surface area (Å²) in [5, 5.41) is 21.9. The Hall–Kier alpha value is -3.30. The maximum atomic E-state index is 10.9. The van der Waals surface area contributed by atoms with Crippen LogP contribution < -0.4 is 11.5 Å². The van der Waals surface area contributed by atoms with Crippen LogP contribution >= 0.6 is 0 Å². The first kappa shape index (κ1) is 20.0. The van der Waals surface area contributed by atoms with Gasteiger partial charge in [-0.15, -0.1) is 0 Å². The van der Waals surface area contributed by atoms with Gasteiger partial charge in [0.2, 0.25) is 11.6 Å². The van der Waals surface area contributed by atoms with E-state index in [9.17, 15) is 20.2 Å². The smallest absolute Gasteiger partial charge is 0.314 e. The van der Waals surface area contributed by atoms with Crippen LogP contribution in [-0.4, -0.2) is 19.8 Å². The highest BCUT2D eigenvalue weighted by Crippen LogP contribution is 2.26. The van der Waals surface area contributed by atoms with Gasteiger partial charge in [0.25, 0.3) is 0 Å². The molecular weight excluding hydrogens is 352 g/mol. The Balaban J connectivity index is 1.88. The lowest BCUT2D eigenvalue weighted by Gasteiger charge is -2.07. The number of aryl methyl sites for hydroxylation is 4. The van der Waals surface area contributed by atoms with Crippen molar-refractivity contribution in [3.05, 3.63) is 54.9 Å². The van der Waals surface area contributed by atoms with Gasteiger partial charge in [-0.3, -0.25) is 20.2 Å². The minimum Gasteiger partial charge on any atom is -0.378 e. The Morgan fingerprint density at radius 3 is 1.48 bits per heavy atom. The van der Waals surface area contributed by atoms with Crippen LogP contribution in [0.5, 0.6) is 0 Å². The van der Waals surface area contributed by atoms with E-state index >= 15 is 0 Å². The van der Waals surface area contributed by atoms with Gasteiger partial charge >= 0.3 is 11.4 Å². The van der Waals surface area contributed by atoms with Gasteiger partial charge in [0.15, 0.2) is 0 Å². The van der Waals surface area contributed by atoms with Crippen LogP contribution in [-0.2, 0) is 12.8 Å². The van der Waals surface area contributed by atoms with Gasteiger partial charge in [0.05, 0.1) is 9.85 Å². The third kappa shape index (κ3) is 4.87. The molecule has 2 heterocycles. The van der Waals surface area contributed by atoms with Crippen molar-refractivity contribution in [1.82, 2.24) is 9.97 Å². The number of nitrogen functional groups attached to an aromatic ring is 2. The van der Waals surface area contributed by atoms with Gasteiger partial charge in [0, 0.05) is 22.5 Å². The summed E-state index contributed by atoms with van der Waals surface area (Å²) in [6.07, 6.45) is 3.89. The van der Waals surface area contributed by atoms with Crippen molar-refractivity contribution in [1.29, 1.82) is 0 Å². The highest BCUT2D eigenvalue weighted by atomic mass is 16.6. The number of pyridine rings is 2. The van der Waals surface area contributed by atoms with Crippen molar-refractivity contribution < 1.29 is 9.85 Å². The molecule has 27 heavy (non-hydrogen) atoms. The summed E-state index contributed by atoms with van der Waals surface area (Å²) in [5.41, 5.74) is 13.5. The number of unbranched alkanes of at least 4 members (excludes halogenated alkanes) is 2. The summed E-state index contributed by atoms with van der Waals surface area (Å²) in [5.74, 6) is -0.118. The maximum Gasteiger partial charge on any atom is 0.314 e. The predicted molar refractivity (Wildman–Crippen MR) is 101 cm³/mol. The molecule has 0 fully saturated rings. The van der Waals surface area contributed by atoms with Crippen molar-refractivity contribution in [3.8, 4) is 0 Å². The second-order valence-electron chi connectivity index (χ2n) is 6.40. The van der Waals surface area contributed by atoms with Crippen LogP contribution in [0.4, 0.5) is 23.0 Å². The molecule has 2 aromatic rings. The minimum absolute atomic E-state index is 0.0592.